The van der Waals surface area contributed by atoms with Crippen LogP contribution < -0.4 is 4.31 Å². The van der Waals surface area contributed by atoms with Crippen molar-refractivity contribution in [3.05, 3.63) is 58.6 Å². The van der Waals surface area contributed by atoms with Gasteiger partial charge in [-0.3, -0.25) is 9.21 Å². The van der Waals surface area contributed by atoms with Crippen LogP contribution in [0.15, 0.2) is 47.4 Å². The fourth-order valence-corrected chi connectivity index (χ4v) is 5.18. The lowest BCUT2D eigenvalue weighted by Gasteiger charge is -2.29. The molecule has 0 radical (unpaired) electrons. The highest BCUT2D eigenvalue weighted by molar-refractivity contribution is 7.92. The summed E-state index contributed by atoms with van der Waals surface area (Å²) in [5, 5.41) is 0.410. The van der Waals surface area contributed by atoms with Crippen molar-refractivity contribution >= 4 is 27.3 Å². The van der Waals surface area contributed by atoms with Crippen LogP contribution in [0.3, 0.4) is 0 Å². The number of benzene rings is 2. The molecule has 0 amide bonds. The summed E-state index contributed by atoms with van der Waals surface area (Å²) in [4.78, 5) is 2.42. The van der Waals surface area contributed by atoms with Crippen molar-refractivity contribution in [1.82, 2.24) is 4.90 Å². The van der Waals surface area contributed by atoms with Gasteiger partial charge in [-0.25, -0.2) is 8.42 Å². The van der Waals surface area contributed by atoms with Gasteiger partial charge in [-0.05, 0) is 42.8 Å². The molecular weight excluding hydrogens is 372 g/mol. The molecule has 5 nitrogen and oxygen atoms in total. The van der Waals surface area contributed by atoms with E-state index in [1.807, 2.05) is 37.4 Å². The zero-order valence-corrected chi connectivity index (χ0v) is 16.7. The van der Waals surface area contributed by atoms with Gasteiger partial charge in [0.2, 0.25) is 0 Å². The number of nitrogens with zero attached hydrogens (tertiary/aromatic N) is 2. The number of ether oxygens (including phenoxy) is 1. The first-order valence-corrected chi connectivity index (χ1v) is 10.3. The van der Waals surface area contributed by atoms with Crippen molar-refractivity contribution in [2.45, 2.75) is 17.4 Å². The molecule has 0 saturated heterocycles. The van der Waals surface area contributed by atoms with E-state index in [1.54, 1.807) is 26.3 Å². The van der Waals surface area contributed by atoms with Crippen molar-refractivity contribution in [2.75, 3.05) is 38.7 Å². The Labute approximate surface area is 160 Å². The predicted octanol–water partition coefficient (Wildman–Crippen LogP) is 3.54. The van der Waals surface area contributed by atoms with Gasteiger partial charge in [0.05, 0.1) is 16.6 Å². The first kappa shape index (κ1) is 19.2. The molecule has 0 bridgehead atoms. The van der Waals surface area contributed by atoms with Crippen LogP contribution in [0.25, 0.3) is 0 Å². The summed E-state index contributed by atoms with van der Waals surface area (Å²) in [6, 6.07) is 12.6. The van der Waals surface area contributed by atoms with Crippen LogP contribution in [-0.2, 0) is 14.8 Å². The van der Waals surface area contributed by atoms with Gasteiger partial charge in [-0.15, -0.1) is 0 Å². The van der Waals surface area contributed by atoms with Crippen molar-refractivity contribution in [3.8, 4) is 0 Å². The minimum absolute atomic E-state index is 0.185. The monoisotopic (exact) mass is 394 g/mol. The zero-order chi connectivity index (χ0) is 18.9. The van der Waals surface area contributed by atoms with E-state index >= 15 is 0 Å². The molecule has 2 aromatic rings. The number of sulfonamides is 1. The quantitative estimate of drug-likeness (QED) is 0.728. The van der Waals surface area contributed by atoms with E-state index in [4.69, 9.17) is 16.3 Å². The molecule has 2 aromatic carbocycles. The van der Waals surface area contributed by atoms with Crippen molar-refractivity contribution in [3.63, 3.8) is 0 Å². The molecule has 0 aromatic heterocycles. The average molecular weight is 395 g/mol. The summed E-state index contributed by atoms with van der Waals surface area (Å²) in [7, 11) is 1.59. The number of anilines is 1. The standard InChI is InChI=1S/C19H23ClN2O3S/c1-21(11-6-12-25-3)19-15-7-4-5-8-17(15)22(2)26(23,24)18-13-14(20)9-10-16(18)19/h4-5,7-10,13,19H,6,11-12H2,1-3H3. The molecule has 1 aliphatic rings. The van der Waals surface area contributed by atoms with Crippen LogP contribution in [-0.4, -0.2) is 47.7 Å². The second-order valence-electron chi connectivity index (χ2n) is 6.44. The molecule has 0 N–H and O–H groups in total. The predicted molar refractivity (Wildman–Crippen MR) is 104 cm³/mol. The fraction of sp³-hybridized carbons (Fsp3) is 0.368. The normalized spacial score (nSPS) is 18.3. The Bertz CT molecular complexity index is 901. The SMILES string of the molecule is COCCCN(C)C1c2ccccc2N(C)S(=O)(=O)c2cc(Cl)ccc21. The summed E-state index contributed by atoms with van der Waals surface area (Å²) < 4.78 is 32.9. The van der Waals surface area contributed by atoms with E-state index in [-0.39, 0.29) is 10.9 Å². The summed E-state index contributed by atoms with van der Waals surface area (Å²) in [5.74, 6) is 0. The summed E-state index contributed by atoms with van der Waals surface area (Å²) in [6.07, 6.45) is 0.858. The second-order valence-corrected chi connectivity index (χ2v) is 8.82. The highest BCUT2D eigenvalue weighted by atomic mass is 35.5. The Hall–Kier alpha value is -1.60. The van der Waals surface area contributed by atoms with Gasteiger partial charge in [-0.1, -0.05) is 35.9 Å². The molecule has 3 rings (SSSR count). The average Bonchev–Trinajstić information content (AvgIpc) is 2.69. The number of hydrogen-bond acceptors (Lipinski definition) is 4. The van der Waals surface area contributed by atoms with E-state index in [9.17, 15) is 8.42 Å². The minimum Gasteiger partial charge on any atom is -0.385 e. The maximum Gasteiger partial charge on any atom is 0.264 e. The minimum atomic E-state index is -3.69. The molecule has 0 spiro atoms. The Morgan fingerprint density at radius 2 is 1.92 bits per heavy atom. The number of halogens is 1. The highest BCUT2D eigenvalue weighted by Gasteiger charge is 2.36. The smallest absolute Gasteiger partial charge is 0.264 e. The summed E-state index contributed by atoms with van der Waals surface area (Å²) >= 11 is 6.13. The molecule has 26 heavy (non-hydrogen) atoms. The Kier molecular flexibility index (Phi) is 5.58. The van der Waals surface area contributed by atoms with Crippen LogP contribution in [0.1, 0.15) is 23.6 Å². The zero-order valence-electron chi connectivity index (χ0n) is 15.1. The van der Waals surface area contributed by atoms with E-state index in [0.717, 1.165) is 24.1 Å². The van der Waals surface area contributed by atoms with Gasteiger partial charge in [0.15, 0.2) is 0 Å². The van der Waals surface area contributed by atoms with Crippen LogP contribution in [0.2, 0.25) is 5.02 Å². The highest BCUT2D eigenvalue weighted by Crippen LogP contribution is 2.43. The van der Waals surface area contributed by atoms with Gasteiger partial charge in [0.25, 0.3) is 10.0 Å². The molecule has 0 fully saturated rings. The first-order chi connectivity index (χ1) is 12.4. The van der Waals surface area contributed by atoms with Crippen LogP contribution in [0, 0.1) is 0 Å². The van der Waals surface area contributed by atoms with E-state index in [1.165, 1.54) is 4.31 Å². The third-order valence-electron chi connectivity index (χ3n) is 4.78. The lowest BCUT2D eigenvalue weighted by Crippen LogP contribution is -2.27. The number of fused-ring (bicyclic) bond motifs is 2. The van der Waals surface area contributed by atoms with Gasteiger partial charge in [0, 0.05) is 32.3 Å². The molecule has 1 aliphatic heterocycles. The van der Waals surface area contributed by atoms with Crippen molar-refractivity contribution in [1.29, 1.82) is 0 Å². The Balaban J connectivity index is 2.21. The third-order valence-corrected chi connectivity index (χ3v) is 6.84. The molecular formula is C19H23ClN2O3S. The van der Waals surface area contributed by atoms with Crippen LogP contribution >= 0.6 is 11.6 Å². The molecule has 1 unspecified atom stereocenters. The topological polar surface area (TPSA) is 49.9 Å². The van der Waals surface area contributed by atoms with Crippen LogP contribution in [0.5, 0.6) is 0 Å². The maximum atomic E-state index is 13.2. The lowest BCUT2D eigenvalue weighted by atomic mass is 9.95. The largest absolute Gasteiger partial charge is 0.385 e. The first-order valence-electron chi connectivity index (χ1n) is 8.44. The number of rotatable bonds is 5. The number of methoxy groups -OCH3 is 1. The van der Waals surface area contributed by atoms with Gasteiger partial charge < -0.3 is 4.74 Å². The molecule has 7 heteroatoms. The Morgan fingerprint density at radius 3 is 2.65 bits per heavy atom. The number of hydrogen-bond donors (Lipinski definition) is 0. The van der Waals surface area contributed by atoms with Gasteiger partial charge in [0.1, 0.15) is 0 Å². The fourth-order valence-electron chi connectivity index (χ4n) is 3.47. The molecule has 0 aliphatic carbocycles. The lowest BCUT2D eigenvalue weighted by molar-refractivity contribution is 0.171. The molecule has 140 valence electrons. The van der Waals surface area contributed by atoms with Gasteiger partial charge >= 0.3 is 0 Å². The summed E-state index contributed by atoms with van der Waals surface area (Å²) in [5.41, 5.74) is 2.38. The molecule has 0 saturated carbocycles. The third kappa shape index (κ3) is 3.34. The maximum absolute atomic E-state index is 13.2. The van der Waals surface area contributed by atoms with E-state index < -0.39 is 10.0 Å². The van der Waals surface area contributed by atoms with Gasteiger partial charge in [-0.2, -0.15) is 0 Å². The molecule has 1 atom stereocenters. The molecule has 1 heterocycles. The Morgan fingerprint density at radius 1 is 1.19 bits per heavy atom. The van der Waals surface area contributed by atoms with Crippen molar-refractivity contribution < 1.29 is 13.2 Å². The van der Waals surface area contributed by atoms with Crippen LogP contribution in [0.4, 0.5) is 5.69 Å². The summed E-state index contributed by atoms with van der Waals surface area (Å²) in [6.45, 7) is 1.43. The van der Waals surface area contributed by atoms with Crippen molar-refractivity contribution in [2.24, 2.45) is 0 Å². The second kappa shape index (κ2) is 7.56. The van der Waals surface area contributed by atoms with E-state index in [2.05, 4.69) is 4.90 Å². The van der Waals surface area contributed by atoms with E-state index in [0.29, 0.717) is 17.3 Å². The number of para-hydroxylation sites is 1.